The van der Waals surface area contributed by atoms with E-state index in [1.807, 2.05) is 18.9 Å². The van der Waals surface area contributed by atoms with E-state index in [0.717, 1.165) is 25.2 Å². The zero-order valence-electron chi connectivity index (χ0n) is 12.1. The van der Waals surface area contributed by atoms with Crippen LogP contribution in [0.4, 0.5) is 0 Å². The first-order valence-electron chi connectivity index (χ1n) is 6.82. The van der Waals surface area contributed by atoms with E-state index >= 15 is 0 Å². The summed E-state index contributed by atoms with van der Waals surface area (Å²) >= 11 is 0. The fourth-order valence-corrected chi connectivity index (χ4v) is 2.42. The van der Waals surface area contributed by atoms with Gasteiger partial charge < -0.3 is 10.2 Å². The van der Waals surface area contributed by atoms with Crippen LogP contribution in [0.3, 0.4) is 0 Å². The van der Waals surface area contributed by atoms with Crippen LogP contribution >= 0.6 is 0 Å². The molecule has 19 heavy (non-hydrogen) atoms. The molecule has 0 aliphatic carbocycles. The summed E-state index contributed by atoms with van der Waals surface area (Å²) in [4.78, 5) is 23.0. The molecule has 2 rings (SSSR count). The Bertz CT molecular complexity index is 467. The van der Waals surface area contributed by atoms with Gasteiger partial charge in [-0.15, -0.1) is 0 Å². The van der Waals surface area contributed by atoms with Crippen molar-refractivity contribution in [1.82, 2.24) is 20.2 Å². The fourth-order valence-electron chi connectivity index (χ4n) is 2.42. The van der Waals surface area contributed by atoms with Gasteiger partial charge in [0.15, 0.2) is 0 Å². The van der Waals surface area contributed by atoms with Crippen LogP contribution in [0.1, 0.15) is 48.1 Å². The van der Waals surface area contributed by atoms with Crippen molar-refractivity contribution in [3.63, 3.8) is 0 Å². The number of aromatic nitrogens is 2. The van der Waals surface area contributed by atoms with Gasteiger partial charge in [-0.2, -0.15) is 0 Å². The summed E-state index contributed by atoms with van der Waals surface area (Å²) in [6.45, 7) is 7.80. The third kappa shape index (κ3) is 2.92. The van der Waals surface area contributed by atoms with E-state index in [4.69, 9.17) is 0 Å². The number of likely N-dealkylation sites (N-methyl/N-ethyl adjacent to an activating group) is 1. The van der Waals surface area contributed by atoms with Crippen molar-refractivity contribution < 1.29 is 4.79 Å². The van der Waals surface area contributed by atoms with Crippen molar-refractivity contribution in [2.45, 2.75) is 39.2 Å². The molecule has 5 nitrogen and oxygen atoms in total. The molecule has 5 heteroatoms. The van der Waals surface area contributed by atoms with Crippen molar-refractivity contribution in [3.05, 3.63) is 23.3 Å². The zero-order valence-corrected chi connectivity index (χ0v) is 12.1. The van der Waals surface area contributed by atoms with E-state index in [9.17, 15) is 4.79 Å². The Hall–Kier alpha value is -1.49. The van der Waals surface area contributed by atoms with Gasteiger partial charge >= 0.3 is 0 Å². The van der Waals surface area contributed by atoms with E-state index in [1.165, 1.54) is 0 Å². The number of carbonyl (C=O) groups is 1. The highest BCUT2D eigenvalue weighted by atomic mass is 16.2. The van der Waals surface area contributed by atoms with Gasteiger partial charge in [-0.3, -0.25) is 4.79 Å². The molecular weight excluding hydrogens is 240 g/mol. The van der Waals surface area contributed by atoms with E-state index in [2.05, 4.69) is 29.1 Å². The number of nitrogens with one attached hydrogen (secondary N) is 1. The number of rotatable bonds is 3. The van der Waals surface area contributed by atoms with E-state index in [-0.39, 0.29) is 17.9 Å². The molecule has 1 aliphatic rings. The standard InChI is InChI=1S/C14H22N4O/c1-9(2)13-12(8-16-10(3)17-13)14(19)18(4)11-5-6-15-7-11/h8-9,11,15H,5-7H2,1-4H3/t11-/m0/s1. The highest BCUT2D eigenvalue weighted by molar-refractivity contribution is 5.95. The Balaban J connectivity index is 2.27. The molecule has 104 valence electrons. The quantitative estimate of drug-likeness (QED) is 0.893. The SMILES string of the molecule is Cc1ncc(C(=O)N(C)[C@H]2CCNC2)c(C(C)C)n1. The van der Waals surface area contributed by atoms with Crippen LogP contribution in [0.15, 0.2) is 6.20 Å². The predicted octanol–water partition coefficient (Wildman–Crippen LogP) is 1.34. The van der Waals surface area contributed by atoms with Gasteiger partial charge in [0.25, 0.3) is 5.91 Å². The molecule has 0 spiro atoms. The topological polar surface area (TPSA) is 58.1 Å². The number of amides is 1. The van der Waals surface area contributed by atoms with Gasteiger partial charge in [0.1, 0.15) is 5.82 Å². The largest absolute Gasteiger partial charge is 0.337 e. The Labute approximate surface area is 114 Å². The van der Waals surface area contributed by atoms with Crippen LogP contribution < -0.4 is 5.32 Å². The summed E-state index contributed by atoms with van der Waals surface area (Å²) < 4.78 is 0. The second kappa shape index (κ2) is 5.65. The Morgan fingerprint density at radius 3 is 2.84 bits per heavy atom. The van der Waals surface area contributed by atoms with Gasteiger partial charge in [0.05, 0.1) is 11.3 Å². The molecule has 0 bridgehead atoms. The minimum atomic E-state index is 0.0254. The molecular formula is C14H22N4O. The van der Waals surface area contributed by atoms with Gasteiger partial charge in [-0.05, 0) is 25.8 Å². The highest BCUT2D eigenvalue weighted by Crippen LogP contribution is 2.19. The lowest BCUT2D eigenvalue weighted by Crippen LogP contribution is -2.39. The van der Waals surface area contributed by atoms with Crippen LogP contribution in [0.2, 0.25) is 0 Å². The van der Waals surface area contributed by atoms with Crippen LogP contribution in [0, 0.1) is 6.92 Å². The maximum Gasteiger partial charge on any atom is 0.257 e. The summed E-state index contributed by atoms with van der Waals surface area (Å²) in [5.41, 5.74) is 1.48. The molecule has 1 atom stereocenters. The third-order valence-electron chi connectivity index (χ3n) is 3.62. The molecule has 1 fully saturated rings. The molecule has 1 aliphatic heterocycles. The van der Waals surface area contributed by atoms with Crippen molar-refractivity contribution in [2.24, 2.45) is 0 Å². The average Bonchev–Trinajstić information content (AvgIpc) is 2.90. The minimum Gasteiger partial charge on any atom is -0.337 e. The summed E-state index contributed by atoms with van der Waals surface area (Å²) in [6.07, 6.45) is 2.67. The first-order chi connectivity index (χ1) is 9.00. The first kappa shape index (κ1) is 13.9. The van der Waals surface area contributed by atoms with E-state index in [1.54, 1.807) is 6.20 Å². The predicted molar refractivity (Wildman–Crippen MR) is 74.2 cm³/mol. The van der Waals surface area contributed by atoms with Gasteiger partial charge in [0, 0.05) is 25.8 Å². The molecule has 0 saturated carbocycles. The van der Waals surface area contributed by atoms with Crippen molar-refractivity contribution in [3.8, 4) is 0 Å². The lowest BCUT2D eigenvalue weighted by Gasteiger charge is -2.25. The van der Waals surface area contributed by atoms with Crippen LogP contribution in [0.25, 0.3) is 0 Å². The van der Waals surface area contributed by atoms with Crippen LogP contribution in [-0.2, 0) is 0 Å². The summed E-state index contributed by atoms with van der Waals surface area (Å²) in [6, 6.07) is 0.272. The molecule has 0 radical (unpaired) electrons. The summed E-state index contributed by atoms with van der Waals surface area (Å²) in [7, 11) is 1.87. The number of hydrogen-bond acceptors (Lipinski definition) is 4. The summed E-state index contributed by atoms with van der Waals surface area (Å²) in [5.74, 6) is 0.957. The third-order valence-corrected chi connectivity index (χ3v) is 3.62. The molecule has 1 aromatic heterocycles. The monoisotopic (exact) mass is 262 g/mol. The zero-order chi connectivity index (χ0) is 14.0. The summed E-state index contributed by atoms with van der Waals surface area (Å²) in [5, 5.41) is 3.28. The molecule has 0 unspecified atom stereocenters. The van der Waals surface area contributed by atoms with Gasteiger partial charge in [-0.25, -0.2) is 9.97 Å². The molecule has 1 N–H and O–H groups in total. The van der Waals surface area contributed by atoms with Crippen molar-refractivity contribution in [2.75, 3.05) is 20.1 Å². The Morgan fingerprint density at radius 2 is 2.26 bits per heavy atom. The smallest absolute Gasteiger partial charge is 0.257 e. The lowest BCUT2D eigenvalue weighted by molar-refractivity contribution is 0.0741. The van der Waals surface area contributed by atoms with Crippen LogP contribution in [0.5, 0.6) is 0 Å². The Morgan fingerprint density at radius 1 is 1.53 bits per heavy atom. The van der Waals surface area contributed by atoms with E-state index in [0.29, 0.717) is 11.4 Å². The Kier molecular flexibility index (Phi) is 4.14. The second-order valence-electron chi connectivity index (χ2n) is 5.43. The number of aryl methyl sites for hydroxylation is 1. The molecule has 1 aromatic rings. The maximum absolute atomic E-state index is 12.6. The lowest BCUT2D eigenvalue weighted by atomic mass is 10.0. The molecule has 1 amide bonds. The first-order valence-corrected chi connectivity index (χ1v) is 6.82. The van der Waals surface area contributed by atoms with Gasteiger partial charge in [-0.1, -0.05) is 13.8 Å². The molecule has 2 heterocycles. The molecule has 1 saturated heterocycles. The fraction of sp³-hybridized carbons (Fsp3) is 0.643. The number of nitrogens with zero attached hydrogens (tertiary/aromatic N) is 3. The second-order valence-corrected chi connectivity index (χ2v) is 5.43. The molecule has 0 aromatic carbocycles. The van der Waals surface area contributed by atoms with Crippen molar-refractivity contribution in [1.29, 1.82) is 0 Å². The van der Waals surface area contributed by atoms with Crippen LogP contribution in [-0.4, -0.2) is 47.0 Å². The number of carbonyl (C=O) groups excluding carboxylic acids is 1. The van der Waals surface area contributed by atoms with Crippen molar-refractivity contribution >= 4 is 5.91 Å². The number of hydrogen-bond donors (Lipinski definition) is 1. The highest BCUT2D eigenvalue weighted by Gasteiger charge is 2.26. The van der Waals surface area contributed by atoms with E-state index < -0.39 is 0 Å². The minimum absolute atomic E-state index is 0.0254. The van der Waals surface area contributed by atoms with Gasteiger partial charge in [0.2, 0.25) is 0 Å². The average molecular weight is 262 g/mol. The maximum atomic E-state index is 12.6. The normalized spacial score (nSPS) is 18.9.